The van der Waals surface area contributed by atoms with Crippen molar-refractivity contribution in [1.82, 2.24) is 5.32 Å². The first-order valence-corrected chi connectivity index (χ1v) is 9.82. The number of amides is 2. The number of alkyl halides is 2. The fraction of sp³-hybridized carbons (Fsp3) is 0.300. The minimum Gasteiger partial charge on any atom is -0.371 e. The van der Waals surface area contributed by atoms with E-state index in [1.165, 1.54) is 12.1 Å². The topological polar surface area (TPSA) is 61.4 Å². The van der Waals surface area contributed by atoms with Gasteiger partial charge < -0.3 is 15.5 Å². The Labute approximate surface area is 172 Å². The van der Waals surface area contributed by atoms with E-state index in [4.69, 9.17) is 23.2 Å². The molecule has 0 aliphatic carbocycles. The summed E-state index contributed by atoms with van der Waals surface area (Å²) in [5, 5.41) is 5.44. The molecule has 2 amide bonds. The van der Waals surface area contributed by atoms with Crippen LogP contribution in [0, 0.1) is 5.82 Å². The van der Waals surface area contributed by atoms with Gasteiger partial charge in [0.05, 0.1) is 5.56 Å². The quantitative estimate of drug-likeness (QED) is 0.687. The first kappa shape index (κ1) is 20.4. The van der Waals surface area contributed by atoms with Gasteiger partial charge in [-0.15, -0.1) is 0 Å². The summed E-state index contributed by atoms with van der Waals surface area (Å²) in [5.41, 5.74) is 2.48. The standard InChI is InChI=1S/C20H20Cl2FN3O2/c21-18(22)20(28)25-15-7-8-17(26-9-1-2-10-26)16(11-15)19(27)24-12-13-3-5-14(23)6-4-13/h3-8,11,18H,1-2,9-10,12H2,(H,24,27)(H,25,28). The predicted molar refractivity (Wildman–Crippen MR) is 110 cm³/mol. The van der Waals surface area contributed by atoms with E-state index in [-0.39, 0.29) is 18.3 Å². The molecule has 28 heavy (non-hydrogen) atoms. The van der Waals surface area contributed by atoms with Crippen molar-refractivity contribution in [2.45, 2.75) is 24.2 Å². The van der Waals surface area contributed by atoms with Crippen LogP contribution in [0.25, 0.3) is 0 Å². The SMILES string of the molecule is O=C(NCc1ccc(F)cc1)c1cc(NC(=O)C(Cl)Cl)ccc1N1CCCC1. The van der Waals surface area contributed by atoms with Crippen molar-refractivity contribution in [3.8, 4) is 0 Å². The van der Waals surface area contributed by atoms with E-state index in [0.29, 0.717) is 11.3 Å². The van der Waals surface area contributed by atoms with Crippen LogP contribution in [0.3, 0.4) is 0 Å². The van der Waals surface area contributed by atoms with Gasteiger partial charge in [-0.1, -0.05) is 35.3 Å². The summed E-state index contributed by atoms with van der Waals surface area (Å²) in [4.78, 5) is 25.6. The minimum atomic E-state index is -1.20. The highest BCUT2D eigenvalue weighted by Gasteiger charge is 2.21. The Bertz CT molecular complexity index is 853. The van der Waals surface area contributed by atoms with Crippen LogP contribution in [-0.4, -0.2) is 29.7 Å². The van der Waals surface area contributed by atoms with Crippen molar-refractivity contribution in [1.29, 1.82) is 0 Å². The molecule has 2 aromatic carbocycles. The molecule has 2 N–H and O–H groups in total. The molecule has 2 aromatic rings. The number of nitrogens with zero attached hydrogens (tertiary/aromatic N) is 1. The van der Waals surface area contributed by atoms with Gasteiger partial charge in [-0.05, 0) is 48.7 Å². The van der Waals surface area contributed by atoms with Crippen LogP contribution in [0.4, 0.5) is 15.8 Å². The summed E-state index contributed by atoms with van der Waals surface area (Å²) in [6, 6.07) is 11.1. The number of rotatable bonds is 6. The van der Waals surface area contributed by atoms with Gasteiger partial charge in [0.15, 0.2) is 4.84 Å². The summed E-state index contributed by atoms with van der Waals surface area (Å²) in [7, 11) is 0. The number of carbonyl (C=O) groups is 2. The molecular weight excluding hydrogens is 404 g/mol. The molecule has 0 atom stereocenters. The summed E-state index contributed by atoms with van der Waals surface area (Å²) in [5.74, 6) is -1.17. The highest BCUT2D eigenvalue weighted by molar-refractivity contribution is 6.54. The Hall–Kier alpha value is -2.31. The Balaban J connectivity index is 1.80. The number of halogens is 3. The van der Waals surface area contributed by atoms with Gasteiger partial charge in [-0.25, -0.2) is 4.39 Å². The largest absolute Gasteiger partial charge is 0.371 e. The lowest BCUT2D eigenvalue weighted by Crippen LogP contribution is -2.27. The maximum Gasteiger partial charge on any atom is 0.257 e. The molecule has 0 bridgehead atoms. The van der Waals surface area contributed by atoms with Crippen molar-refractivity contribution >= 4 is 46.4 Å². The normalized spacial score (nSPS) is 13.6. The second-order valence-corrected chi connectivity index (χ2v) is 7.62. The maximum absolute atomic E-state index is 13.0. The van der Waals surface area contributed by atoms with Crippen molar-refractivity contribution in [3.63, 3.8) is 0 Å². The zero-order valence-corrected chi connectivity index (χ0v) is 16.6. The van der Waals surface area contributed by atoms with Crippen molar-refractivity contribution in [2.24, 2.45) is 0 Å². The van der Waals surface area contributed by atoms with Gasteiger partial charge in [-0.2, -0.15) is 0 Å². The molecule has 5 nitrogen and oxygen atoms in total. The van der Waals surface area contributed by atoms with Crippen molar-refractivity contribution < 1.29 is 14.0 Å². The molecule has 0 radical (unpaired) electrons. The number of anilines is 2. The van der Waals surface area contributed by atoms with Crippen LogP contribution in [-0.2, 0) is 11.3 Å². The van der Waals surface area contributed by atoms with Crippen LogP contribution < -0.4 is 15.5 Å². The van der Waals surface area contributed by atoms with Gasteiger partial charge in [0.25, 0.3) is 11.8 Å². The molecule has 1 fully saturated rings. The molecule has 0 spiro atoms. The highest BCUT2D eigenvalue weighted by atomic mass is 35.5. The molecule has 1 heterocycles. The average molecular weight is 424 g/mol. The van der Waals surface area contributed by atoms with Gasteiger partial charge in [-0.3, -0.25) is 9.59 Å². The third-order valence-corrected chi connectivity index (χ3v) is 4.92. The fourth-order valence-corrected chi connectivity index (χ4v) is 3.22. The Morgan fingerprint density at radius 3 is 2.39 bits per heavy atom. The first-order chi connectivity index (χ1) is 13.4. The second-order valence-electron chi connectivity index (χ2n) is 6.53. The molecule has 8 heteroatoms. The predicted octanol–water partition coefficient (Wildman–Crippen LogP) is 4.10. The average Bonchev–Trinajstić information content (AvgIpc) is 3.21. The number of hydrogen-bond donors (Lipinski definition) is 2. The van der Waals surface area contributed by atoms with E-state index in [0.717, 1.165) is 37.2 Å². The summed E-state index contributed by atoms with van der Waals surface area (Å²) >= 11 is 11.2. The molecule has 3 rings (SSSR count). The Morgan fingerprint density at radius 1 is 1.07 bits per heavy atom. The first-order valence-electron chi connectivity index (χ1n) is 8.94. The van der Waals surface area contributed by atoms with E-state index in [1.54, 1.807) is 24.3 Å². The zero-order chi connectivity index (χ0) is 20.1. The highest BCUT2D eigenvalue weighted by Crippen LogP contribution is 2.28. The van der Waals surface area contributed by atoms with Gasteiger partial charge in [0, 0.05) is 31.0 Å². The maximum atomic E-state index is 13.0. The summed E-state index contributed by atoms with van der Waals surface area (Å²) < 4.78 is 13.0. The smallest absolute Gasteiger partial charge is 0.257 e. The number of benzene rings is 2. The zero-order valence-electron chi connectivity index (χ0n) is 15.1. The van der Waals surface area contributed by atoms with Crippen LogP contribution in [0.1, 0.15) is 28.8 Å². The fourth-order valence-electron chi connectivity index (χ4n) is 3.11. The lowest BCUT2D eigenvalue weighted by atomic mass is 10.1. The van der Waals surface area contributed by atoms with Gasteiger partial charge in [0.2, 0.25) is 0 Å². The molecule has 1 aliphatic rings. The molecule has 148 valence electrons. The lowest BCUT2D eigenvalue weighted by Gasteiger charge is -2.22. The van der Waals surface area contributed by atoms with Gasteiger partial charge in [0.1, 0.15) is 5.82 Å². The molecule has 0 unspecified atom stereocenters. The second kappa shape index (κ2) is 9.26. The summed E-state index contributed by atoms with van der Waals surface area (Å²) in [6.07, 6.45) is 2.13. The molecule has 0 aromatic heterocycles. The molecule has 0 saturated carbocycles. The number of nitrogens with one attached hydrogen (secondary N) is 2. The molecule has 1 aliphatic heterocycles. The Morgan fingerprint density at radius 2 is 1.75 bits per heavy atom. The Kier molecular flexibility index (Phi) is 6.75. The van der Waals surface area contributed by atoms with Crippen LogP contribution in [0.5, 0.6) is 0 Å². The van der Waals surface area contributed by atoms with Gasteiger partial charge >= 0.3 is 0 Å². The van der Waals surface area contributed by atoms with Crippen molar-refractivity contribution in [3.05, 3.63) is 59.4 Å². The van der Waals surface area contributed by atoms with Crippen molar-refractivity contribution in [2.75, 3.05) is 23.3 Å². The van der Waals surface area contributed by atoms with E-state index in [1.807, 2.05) is 6.07 Å². The number of carbonyl (C=O) groups excluding carboxylic acids is 2. The van der Waals surface area contributed by atoms with Crippen LogP contribution in [0.15, 0.2) is 42.5 Å². The lowest BCUT2D eigenvalue weighted by molar-refractivity contribution is -0.114. The van der Waals surface area contributed by atoms with E-state index in [2.05, 4.69) is 15.5 Å². The minimum absolute atomic E-state index is 0.264. The van der Waals surface area contributed by atoms with Crippen LogP contribution >= 0.6 is 23.2 Å². The van der Waals surface area contributed by atoms with Crippen LogP contribution in [0.2, 0.25) is 0 Å². The summed E-state index contributed by atoms with van der Waals surface area (Å²) in [6.45, 7) is 2.01. The molecular formula is C20H20Cl2FN3O2. The third kappa shape index (κ3) is 5.14. The number of hydrogen-bond acceptors (Lipinski definition) is 3. The van der Waals surface area contributed by atoms with E-state index >= 15 is 0 Å². The van der Waals surface area contributed by atoms with E-state index in [9.17, 15) is 14.0 Å². The van der Waals surface area contributed by atoms with E-state index < -0.39 is 10.7 Å². The monoisotopic (exact) mass is 423 g/mol. The molecule has 1 saturated heterocycles. The third-order valence-electron chi connectivity index (χ3n) is 4.52.